The van der Waals surface area contributed by atoms with Crippen molar-refractivity contribution in [3.05, 3.63) is 67.0 Å². The number of rotatable bonds is 3. The molecule has 0 unspecified atom stereocenters. The largest absolute Gasteiger partial charge is 0.421 e. The molecule has 0 saturated carbocycles. The molecule has 98 valence electrons. The van der Waals surface area contributed by atoms with Crippen LogP contribution in [0, 0.1) is 5.82 Å². The van der Waals surface area contributed by atoms with Gasteiger partial charge in [-0.3, -0.25) is 0 Å². The maximum atomic E-state index is 13.4. The molecule has 0 spiro atoms. The summed E-state index contributed by atoms with van der Waals surface area (Å²) in [6.07, 6.45) is 6.93. The van der Waals surface area contributed by atoms with Crippen LogP contribution in [0.2, 0.25) is 0 Å². The van der Waals surface area contributed by atoms with E-state index in [4.69, 9.17) is 4.74 Å². The van der Waals surface area contributed by atoms with Gasteiger partial charge in [0.2, 0.25) is 0 Å². The summed E-state index contributed by atoms with van der Waals surface area (Å²) in [4.78, 5) is 11.1. The van der Waals surface area contributed by atoms with E-state index in [1.807, 2.05) is 24.5 Å². The molecule has 0 aliphatic carbocycles. The zero-order chi connectivity index (χ0) is 13.8. The Morgan fingerprint density at radius 2 is 1.75 bits per heavy atom. The van der Waals surface area contributed by atoms with Gasteiger partial charge in [0.15, 0.2) is 24.0 Å². The van der Waals surface area contributed by atoms with Crippen LogP contribution < -0.4 is 9.72 Å². The van der Waals surface area contributed by atoms with Crippen molar-refractivity contribution in [2.75, 3.05) is 0 Å². The highest BCUT2D eigenvalue weighted by molar-refractivity contribution is 5.59. The quantitative estimate of drug-likeness (QED) is 0.733. The summed E-state index contributed by atoms with van der Waals surface area (Å²) >= 11 is 0. The molecule has 1 aromatic carbocycles. The third-order valence-electron chi connectivity index (χ3n) is 2.71. The van der Waals surface area contributed by atoms with E-state index in [-0.39, 0.29) is 11.8 Å². The highest BCUT2D eigenvalue weighted by Crippen LogP contribution is 2.22. The number of benzene rings is 1. The molecule has 0 saturated heterocycles. The molecule has 2 heterocycles. The molecule has 0 fully saturated rings. The van der Waals surface area contributed by atoms with Gasteiger partial charge in [0.25, 0.3) is 0 Å². The number of hydrogen-bond acceptors (Lipinski definition) is 3. The molecule has 3 aromatic rings. The minimum absolute atomic E-state index is 0.105. The fourth-order valence-corrected chi connectivity index (χ4v) is 1.72. The van der Waals surface area contributed by atoms with Gasteiger partial charge >= 0.3 is 6.01 Å². The smallest absolute Gasteiger partial charge is 0.321 e. The van der Waals surface area contributed by atoms with Crippen LogP contribution in [0.5, 0.6) is 11.8 Å². The molecule has 0 aliphatic heterocycles. The van der Waals surface area contributed by atoms with Crippen LogP contribution in [-0.4, -0.2) is 9.97 Å². The molecular formula is C15H11FN3O+. The van der Waals surface area contributed by atoms with Crippen LogP contribution in [-0.2, 0) is 0 Å². The minimum Gasteiger partial charge on any atom is -0.421 e. The number of nitrogens with zero attached hydrogens (tertiary/aromatic N) is 2. The lowest BCUT2D eigenvalue weighted by molar-refractivity contribution is -0.377. The summed E-state index contributed by atoms with van der Waals surface area (Å²) in [6.45, 7) is 0. The monoisotopic (exact) mass is 268 g/mol. The lowest BCUT2D eigenvalue weighted by atomic mass is 10.2. The van der Waals surface area contributed by atoms with Gasteiger partial charge in [0.05, 0.1) is 0 Å². The lowest BCUT2D eigenvalue weighted by Crippen LogP contribution is -1.99. The molecule has 0 bridgehead atoms. The van der Waals surface area contributed by atoms with Gasteiger partial charge < -0.3 is 4.74 Å². The van der Waals surface area contributed by atoms with Crippen molar-refractivity contribution in [1.82, 2.24) is 9.97 Å². The van der Waals surface area contributed by atoms with E-state index in [2.05, 4.69) is 15.0 Å². The van der Waals surface area contributed by atoms with E-state index in [1.54, 1.807) is 24.5 Å². The Labute approximate surface area is 114 Å². The van der Waals surface area contributed by atoms with Gasteiger partial charge in [-0.25, -0.2) is 19.3 Å². The second-order valence-corrected chi connectivity index (χ2v) is 4.08. The molecule has 0 atom stereocenters. The molecule has 5 heteroatoms. The number of pyridine rings is 1. The van der Waals surface area contributed by atoms with Crippen molar-refractivity contribution in [1.29, 1.82) is 0 Å². The Hall–Kier alpha value is -2.82. The predicted octanol–water partition coefficient (Wildman–Crippen LogP) is 2.89. The van der Waals surface area contributed by atoms with Crippen molar-refractivity contribution in [2.45, 2.75) is 0 Å². The number of para-hydroxylation sites is 1. The lowest BCUT2D eigenvalue weighted by Gasteiger charge is -2.04. The Kier molecular flexibility index (Phi) is 3.33. The number of aromatic amines is 1. The first kappa shape index (κ1) is 12.2. The van der Waals surface area contributed by atoms with Crippen LogP contribution in [0.1, 0.15) is 0 Å². The fraction of sp³-hybridized carbons (Fsp3) is 0. The van der Waals surface area contributed by atoms with Gasteiger partial charge in [-0.2, -0.15) is 0 Å². The first-order chi connectivity index (χ1) is 9.83. The van der Waals surface area contributed by atoms with Crippen LogP contribution in [0.3, 0.4) is 0 Å². The second-order valence-electron chi connectivity index (χ2n) is 4.08. The summed E-state index contributed by atoms with van der Waals surface area (Å²) in [5, 5.41) is 0. The Morgan fingerprint density at radius 3 is 2.45 bits per heavy atom. The van der Waals surface area contributed by atoms with Gasteiger partial charge in [0, 0.05) is 29.6 Å². The summed E-state index contributed by atoms with van der Waals surface area (Å²) in [6, 6.07) is 10.1. The minimum atomic E-state index is -0.446. The van der Waals surface area contributed by atoms with Crippen LogP contribution >= 0.6 is 0 Å². The Morgan fingerprint density at radius 1 is 0.950 bits per heavy atom. The van der Waals surface area contributed by atoms with E-state index in [9.17, 15) is 4.39 Å². The van der Waals surface area contributed by atoms with Crippen molar-refractivity contribution < 1.29 is 14.1 Å². The number of nitrogens with one attached hydrogen (secondary N) is 1. The van der Waals surface area contributed by atoms with Crippen molar-refractivity contribution in [2.24, 2.45) is 0 Å². The average Bonchev–Trinajstić information content (AvgIpc) is 2.51. The number of H-pyrrole nitrogens is 1. The van der Waals surface area contributed by atoms with E-state index in [0.717, 1.165) is 11.1 Å². The highest BCUT2D eigenvalue weighted by atomic mass is 19.1. The maximum Gasteiger partial charge on any atom is 0.321 e. The van der Waals surface area contributed by atoms with Gasteiger partial charge in [-0.15, -0.1) is 0 Å². The molecule has 20 heavy (non-hydrogen) atoms. The highest BCUT2D eigenvalue weighted by Gasteiger charge is 2.06. The summed E-state index contributed by atoms with van der Waals surface area (Å²) in [5.41, 5.74) is 1.81. The number of aromatic nitrogens is 3. The third kappa shape index (κ3) is 2.61. The first-order valence-corrected chi connectivity index (χ1v) is 6.04. The average molecular weight is 268 g/mol. The summed E-state index contributed by atoms with van der Waals surface area (Å²) in [7, 11) is 0. The van der Waals surface area contributed by atoms with Crippen LogP contribution in [0.15, 0.2) is 61.2 Å². The first-order valence-electron chi connectivity index (χ1n) is 6.04. The van der Waals surface area contributed by atoms with E-state index >= 15 is 0 Å². The molecule has 3 rings (SSSR count). The fourth-order valence-electron chi connectivity index (χ4n) is 1.72. The summed E-state index contributed by atoms with van der Waals surface area (Å²) in [5.74, 6) is -0.342. The van der Waals surface area contributed by atoms with Crippen molar-refractivity contribution >= 4 is 0 Å². The van der Waals surface area contributed by atoms with Crippen molar-refractivity contribution in [3.8, 4) is 22.9 Å². The van der Waals surface area contributed by atoms with Crippen LogP contribution in [0.25, 0.3) is 11.1 Å². The Bertz CT molecular complexity index is 702. The topological polar surface area (TPSA) is 49.2 Å². The normalized spacial score (nSPS) is 10.2. The predicted molar refractivity (Wildman–Crippen MR) is 70.5 cm³/mol. The van der Waals surface area contributed by atoms with Crippen molar-refractivity contribution in [3.63, 3.8) is 0 Å². The zero-order valence-electron chi connectivity index (χ0n) is 10.5. The van der Waals surface area contributed by atoms with Gasteiger partial charge in [-0.1, -0.05) is 12.1 Å². The molecule has 0 amide bonds. The third-order valence-corrected chi connectivity index (χ3v) is 2.71. The van der Waals surface area contributed by atoms with Gasteiger partial charge in [-0.05, 0) is 18.2 Å². The van der Waals surface area contributed by atoms with E-state index in [1.165, 1.54) is 12.1 Å². The molecule has 2 aromatic heterocycles. The molecule has 1 N–H and O–H groups in total. The standard InChI is InChI=1S/C15H10FN3O/c16-13-5-1-2-6-14(13)20-15-18-9-12(10-19-15)11-4-3-7-17-8-11/h1-10H/p+1. The number of halogens is 1. The molecule has 0 radical (unpaired) electrons. The number of ether oxygens (including phenoxy) is 1. The Balaban J connectivity index is 1.82. The molecular weight excluding hydrogens is 257 g/mol. The maximum absolute atomic E-state index is 13.4. The van der Waals surface area contributed by atoms with Gasteiger partial charge in [0.1, 0.15) is 0 Å². The van der Waals surface area contributed by atoms with E-state index < -0.39 is 5.82 Å². The van der Waals surface area contributed by atoms with Crippen LogP contribution in [0.4, 0.5) is 4.39 Å². The second kappa shape index (κ2) is 5.44. The van der Waals surface area contributed by atoms with E-state index in [0.29, 0.717) is 0 Å². The molecule has 0 aliphatic rings. The zero-order valence-corrected chi connectivity index (χ0v) is 10.5. The SMILES string of the molecule is Fc1ccccc1Oc1ncc(-c2ccc[nH+]c2)cn1. The summed E-state index contributed by atoms with van der Waals surface area (Å²) < 4.78 is 18.7. The molecule has 4 nitrogen and oxygen atoms in total. The number of hydrogen-bond donors (Lipinski definition) is 0.